The van der Waals surface area contributed by atoms with Gasteiger partial charge >= 0.3 is 0 Å². The first-order valence-electron chi connectivity index (χ1n) is 10.6. The molecule has 4 aliphatic carbocycles. The Bertz CT molecular complexity index is 564. The summed E-state index contributed by atoms with van der Waals surface area (Å²) < 4.78 is 0. The summed E-state index contributed by atoms with van der Waals surface area (Å²) in [5, 5.41) is 3.04. The first kappa shape index (κ1) is 20.2. The van der Waals surface area contributed by atoms with Crippen molar-refractivity contribution in [3.05, 3.63) is 0 Å². The molecule has 0 spiro atoms. The molecular formula is C21H35N3O3. The summed E-state index contributed by atoms with van der Waals surface area (Å²) in [6.07, 6.45) is 7.12. The summed E-state index contributed by atoms with van der Waals surface area (Å²) in [6, 6.07) is -0.634. The fraction of sp³-hybridized carbons (Fsp3) is 0.857. The zero-order chi connectivity index (χ0) is 19.8. The van der Waals surface area contributed by atoms with Gasteiger partial charge in [-0.1, -0.05) is 27.7 Å². The highest BCUT2D eigenvalue weighted by Crippen LogP contribution is 2.60. The van der Waals surface area contributed by atoms with Crippen molar-refractivity contribution in [3.8, 4) is 0 Å². The summed E-state index contributed by atoms with van der Waals surface area (Å²) >= 11 is 0. The largest absolute Gasteiger partial charge is 0.344 e. The van der Waals surface area contributed by atoms with E-state index in [1.165, 1.54) is 19.3 Å². The van der Waals surface area contributed by atoms with E-state index in [-0.39, 0.29) is 35.0 Å². The fourth-order valence-corrected chi connectivity index (χ4v) is 5.85. The predicted octanol–water partition coefficient (Wildman–Crippen LogP) is 2.54. The van der Waals surface area contributed by atoms with Crippen LogP contribution in [-0.2, 0) is 14.4 Å². The van der Waals surface area contributed by atoms with Gasteiger partial charge in [0.2, 0.25) is 11.8 Å². The van der Waals surface area contributed by atoms with Crippen LogP contribution in [0, 0.1) is 35.0 Å². The number of hydrazine groups is 1. The van der Waals surface area contributed by atoms with Crippen molar-refractivity contribution in [3.63, 3.8) is 0 Å². The molecule has 4 fully saturated rings. The molecule has 152 valence electrons. The topological polar surface area (TPSA) is 87.3 Å². The first-order chi connectivity index (χ1) is 12.7. The minimum absolute atomic E-state index is 0.0453. The van der Waals surface area contributed by atoms with Gasteiger partial charge in [-0.15, -0.1) is 0 Å². The fourth-order valence-electron chi connectivity index (χ4n) is 5.85. The van der Waals surface area contributed by atoms with Crippen molar-refractivity contribution >= 4 is 17.7 Å². The Balaban J connectivity index is 1.60. The average molecular weight is 378 g/mol. The van der Waals surface area contributed by atoms with Crippen LogP contribution in [0.2, 0.25) is 0 Å². The average Bonchev–Trinajstić information content (AvgIpc) is 2.55. The van der Waals surface area contributed by atoms with Gasteiger partial charge in [-0.25, -0.2) is 0 Å². The monoisotopic (exact) mass is 377 g/mol. The highest BCUT2D eigenvalue weighted by Gasteiger charge is 2.55. The highest BCUT2D eigenvalue weighted by molar-refractivity contribution is 5.91. The van der Waals surface area contributed by atoms with E-state index in [0.29, 0.717) is 24.2 Å². The lowest BCUT2D eigenvalue weighted by Gasteiger charge is -2.55. The summed E-state index contributed by atoms with van der Waals surface area (Å²) in [5.41, 5.74) is 4.69. The molecule has 1 atom stereocenters. The van der Waals surface area contributed by atoms with Crippen LogP contribution in [0.5, 0.6) is 0 Å². The summed E-state index contributed by atoms with van der Waals surface area (Å²) in [7, 11) is 0. The van der Waals surface area contributed by atoms with Crippen LogP contribution in [-0.4, -0.2) is 23.8 Å². The molecule has 27 heavy (non-hydrogen) atoms. The van der Waals surface area contributed by atoms with E-state index in [1.54, 1.807) is 0 Å². The minimum Gasteiger partial charge on any atom is -0.344 e. The molecule has 0 aliphatic heterocycles. The van der Waals surface area contributed by atoms with Gasteiger partial charge in [0.15, 0.2) is 0 Å². The molecule has 4 saturated carbocycles. The third kappa shape index (κ3) is 4.46. The quantitative estimate of drug-likeness (QED) is 0.622. The van der Waals surface area contributed by atoms with E-state index in [9.17, 15) is 14.4 Å². The number of hydrogen-bond donors (Lipinski definition) is 3. The molecule has 0 aromatic carbocycles. The van der Waals surface area contributed by atoms with Gasteiger partial charge < -0.3 is 5.32 Å². The summed E-state index contributed by atoms with van der Waals surface area (Å²) in [6.45, 7) is 7.73. The Labute approximate surface area is 162 Å². The van der Waals surface area contributed by atoms with E-state index < -0.39 is 6.04 Å². The summed E-state index contributed by atoms with van der Waals surface area (Å²) in [5.74, 6) is 1.71. The molecule has 3 amide bonds. The van der Waals surface area contributed by atoms with Crippen LogP contribution in [0.15, 0.2) is 0 Å². The van der Waals surface area contributed by atoms with Crippen LogP contribution >= 0.6 is 0 Å². The molecule has 0 radical (unpaired) electrons. The molecule has 0 aromatic heterocycles. The van der Waals surface area contributed by atoms with E-state index >= 15 is 0 Å². The molecule has 6 heteroatoms. The Kier molecular flexibility index (Phi) is 5.82. The van der Waals surface area contributed by atoms with Gasteiger partial charge in [0.25, 0.3) is 5.91 Å². The molecule has 0 saturated heterocycles. The molecule has 1 unspecified atom stereocenters. The van der Waals surface area contributed by atoms with Crippen molar-refractivity contribution < 1.29 is 14.4 Å². The van der Waals surface area contributed by atoms with Crippen LogP contribution in [0.1, 0.15) is 72.6 Å². The molecule has 0 heterocycles. The molecule has 6 nitrogen and oxygen atoms in total. The zero-order valence-electron chi connectivity index (χ0n) is 17.1. The Hall–Kier alpha value is -1.59. The van der Waals surface area contributed by atoms with Gasteiger partial charge in [-0.2, -0.15) is 0 Å². The molecule has 4 bridgehead atoms. The van der Waals surface area contributed by atoms with Gasteiger partial charge in [0, 0.05) is 11.8 Å². The van der Waals surface area contributed by atoms with Crippen molar-refractivity contribution in [2.75, 3.05) is 0 Å². The van der Waals surface area contributed by atoms with E-state index in [0.717, 1.165) is 19.3 Å². The van der Waals surface area contributed by atoms with Crippen LogP contribution in [0.4, 0.5) is 0 Å². The second-order valence-electron chi connectivity index (χ2n) is 10.0. The van der Waals surface area contributed by atoms with Gasteiger partial charge in [-0.05, 0) is 68.1 Å². The number of carbonyl (C=O) groups is 3. The molecular weight excluding hydrogens is 342 g/mol. The smallest absolute Gasteiger partial charge is 0.261 e. The van der Waals surface area contributed by atoms with Crippen molar-refractivity contribution in [1.29, 1.82) is 0 Å². The molecule has 3 N–H and O–H groups in total. The number of carbonyl (C=O) groups excluding carboxylic acids is 3. The number of rotatable bonds is 6. The maximum absolute atomic E-state index is 13.2. The normalized spacial score (nSPS) is 32.4. The lowest BCUT2D eigenvalue weighted by molar-refractivity contribution is -0.149. The predicted molar refractivity (Wildman–Crippen MR) is 103 cm³/mol. The third-order valence-corrected chi connectivity index (χ3v) is 6.67. The van der Waals surface area contributed by atoms with Crippen molar-refractivity contribution in [2.45, 2.75) is 78.7 Å². The molecule has 4 aliphatic rings. The van der Waals surface area contributed by atoms with E-state index in [2.05, 4.69) is 16.2 Å². The Morgan fingerprint density at radius 3 is 1.85 bits per heavy atom. The summed E-state index contributed by atoms with van der Waals surface area (Å²) in [4.78, 5) is 37.6. The molecule has 4 rings (SSSR count). The van der Waals surface area contributed by atoms with Gasteiger partial charge in [-0.3, -0.25) is 25.2 Å². The van der Waals surface area contributed by atoms with Crippen molar-refractivity contribution in [1.82, 2.24) is 16.2 Å². The third-order valence-electron chi connectivity index (χ3n) is 6.67. The van der Waals surface area contributed by atoms with Gasteiger partial charge in [0.1, 0.15) is 6.04 Å². The minimum atomic E-state index is -0.634. The molecule has 0 aromatic rings. The van der Waals surface area contributed by atoms with Gasteiger partial charge in [0.05, 0.1) is 0 Å². The number of amides is 3. The van der Waals surface area contributed by atoms with Crippen LogP contribution < -0.4 is 16.2 Å². The second kappa shape index (κ2) is 7.80. The standard InChI is InChI=1S/C21H35N3O3/c1-12(2)5-17(25)23-24-19(26)18(13(3)4)22-20(27)21-9-14-6-15(10-21)8-16(7-14)11-21/h12-16,18H,5-11H2,1-4H3,(H,22,27)(H,23,25)(H,24,26). The van der Waals surface area contributed by atoms with E-state index in [1.807, 2.05) is 27.7 Å². The second-order valence-corrected chi connectivity index (χ2v) is 10.0. The Morgan fingerprint density at radius 2 is 1.41 bits per heavy atom. The van der Waals surface area contributed by atoms with Crippen molar-refractivity contribution in [2.24, 2.45) is 35.0 Å². The SMILES string of the molecule is CC(C)CC(=O)NNC(=O)C(NC(=O)C12CC3CC(CC(C3)C1)C2)C(C)C. The Morgan fingerprint density at radius 1 is 0.889 bits per heavy atom. The lowest BCUT2D eigenvalue weighted by atomic mass is 9.49. The van der Waals surface area contributed by atoms with Crippen LogP contribution in [0.25, 0.3) is 0 Å². The zero-order valence-corrected chi connectivity index (χ0v) is 17.1. The lowest BCUT2D eigenvalue weighted by Crippen LogP contribution is -2.59. The van der Waals surface area contributed by atoms with E-state index in [4.69, 9.17) is 0 Å². The first-order valence-corrected chi connectivity index (χ1v) is 10.6. The highest BCUT2D eigenvalue weighted by atomic mass is 16.2. The maximum Gasteiger partial charge on any atom is 0.261 e. The maximum atomic E-state index is 13.2. The van der Waals surface area contributed by atoms with Crippen LogP contribution in [0.3, 0.4) is 0 Å². The number of nitrogens with one attached hydrogen (secondary N) is 3. The number of hydrogen-bond acceptors (Lipinski definition) is 3.